The number of hydrogen-bond acceptors (Lipinski definition) is 4. The Hall–Kier alpha value is -2.87. The minimum absolute atomic E-state index is 0. The van der Waals surface area contributed by atoms with Crippen LogP contribution < -0.4 is 10.1 Å². The van der Waals surface area contributed by atoms with Gasteiger partial charge in [-0.05, 0) is 43.7 Å². The summed E-state index contributed by atoms with van der Waals surface area (Å²) in [7, 11) is 0. The average Bonchev–Trinajstić information content (AvgIpc) is 3.27. The van der Waals surface area contributed by atoms with Gasteiger partial charge in [0.05, 0.1) is 30.1 Å². The third-order valence-corrected chi connectivity index (χ3v) is 5.16. The van der Waals surface area contributed by atoms with E-state index in [1.807, 2.05) is 30.5 Å². The Bertz CT molecular complexity index is 988. The fraction of sp³-hybridized carbons (Fsp3) is 0.250. The molecule has 0 unspecified atom stereocenters. The lowest BCUT2D eigenvalue weighted by Gasteiger charge is -2.14. The summed E-state index contributed by atoms with van der Waals surface area (Å²) in [5.41, 5.74) is 5.88. The third-order valence-electron chi connectivity index (χ3n) is 5.16. The quantitative estimate of drug-likeness (QED) is 0.648. The molecule has 1 fully saturated rings. The molecule has 1 aliphatic rings. The fourth-order valence-corrected chi connectivity index (χ4v) is 3.48. The van der Waals surface area contributed by atoms with Crippen LogP contribution in [0.4, 0.5) is 0 Å². The number of nitrogens with one attached hydrogen (secondary N) is 1. The van der Waals surface area contributed by atoms with Gasteiger partial charge in [0.2, 0.25) is 0 Å². The topological polar surface area (TPSA) is 57.9 Å². The molecule has 2 aromatic carbocycles. The SMILES string of the molecule is Cc1ccc(-c2ncc(OC[C@@H]3CCNC3)cc2-c2ccc(C#N)cc2)cc1.Cl. The number of pyridine rings is 1. The predicted octanol–water partition coefficient (Wildman–Crippen LogP) is 5.01. The molecule has 4 rings (SSSR count). The molecule has 1 aromatic heterocycles. The van der Waals surface area contributed by atoms with Gasteiger partial charge in [-0.2, -0.15) is 5.26 Å². The molecule has 0 aliphatic carbocycles. The van der Waals surface area contributed by atoms with Gasteiger partial charge >= 0.3 is 0 Å². The molecule has 0 amide bonds. The Labute approximate surface area is 178 Å². The molecule has 2 heterocycles. The summed E-state index contributed by atoms with van der Waals surface area (Å²) in [6.45, 7) is 4.85. The lowest BCUT2D eigenvalue weighted by atomic mass is 9.98. The van der Waals surface area contributed by atoms with Gasteiger partial charge in [0.15, 0.2) is 0 Å². The Balaban J connectivity index is 0.00000240. The van der Waals surface area contributed by atoms with E-state index in [0.29, 0.717) is 18.1 Å². The molecule has 1 aliphatic heterocycles. The van der Waals surface area contributed by atoms with E-state index in [-0.39, 0.29) is 12.4 Å². The third kappa shape index (κ3) is 4.95. The van der Waals surface area contributed by atoms with Crippen LogP contribution in [0, 0.1) is 24.2 Å². The van der Waals surface area contributed by atoms with Crippen LogP contribution in [0.15, 0.2) is 60.8 Å². The number of aromatic nitrogens is 1. The van der Waals surface area contributed by atoms with Gasteiger partial charge in [0, 0.05) is 23.6 Å². The van der Waals surface area contributed by atoms with E-state index in [1.165, 1.54) is 5.56 Å². The van der Waals surface area contributed by atoms with Crippen molar-refractivity contribution in [2.24, 2.45) is 5.92 Å². The second-order valence-electron chi connectivity index (χ2n) is 7.29. The minimum Gasteiger partial charge on any atom is -0.492 e. The van der Waals surface area contributed by atoms with Crippen LogP contribution in [-0.2, 0) is 0 Å². The van der Waals surface area contributed by atoms with Crippen molar-refractivity contribution in [3.63, 3.8) is 0 Å². The molecular weight excluding hydrogens is 382 g/mol. The summed E-state index contributed by atoms with van der Waals surface area (Å²) in [4.78, 5) is 4.74. The van der Waals surface area contributed by atoms with Crippen LogP contribution in [-0.4, -0.2) is 24.7 Å². The molecule has 1 saturated heterocycles. The average molecular weight is 406 g/mol. The van der Waals surface area contributed by atoms with Crippen LogP contribution >= 0.6 is 12.4 Å². The van der Waals surface area contributed by atoms with Gasteiger partial charge < -0.3 is 10.1 Å². The van der Waals surface area contributed by atoms with Crippen LogP contribution in [0.25, 0.3) is 22.4 Å². The van der Waals surface area contributed by atoms with E-state index in [0.717, 1.165) is 47.6 Å². The maximum Gasteiger partial charge on any atom is 0.138 e. The van der Waals surface area contributed by atoms with Crippen LogP contribution in [0.3, 0.4) is 0 Å². The Morgan fingerprint density at radius 3 is 2.48 bits per heavy atom. The van der Waals surface area contributed by atoms with E-state index in [9.17, 15) is 0 Å². The van der Waals surface area contributed by atoms with Crippen molar-refractivity contribution in [3.8, 4) is 34.2 Å². The number of rotatable bonds is 5. The summed E-state index contributed by atoms with van der Waals surface area (Å²) in [6, 6.07) is 20.2. The van der Waals surface area contributed by atoms with Crippen molar-refractivity contribution < 1.29 is 4.74 Å². The van der Waals surface area contributed by atoms with Crippen molar-refractivity contribution in [1.82, 2.24) is 10.3 Å². The Morgan fingerprint density at radius 1 is 1.10 bits per heavy atom. The zero-order valence-corrected chi connectivity index (χ0v) is 17.2. The number of benzene rings is 2. The summed E-state index contributed by atoms with van der Waals surface area (Å²) >= 11 is 0. The molecule has 29 heavy (non-hydrogen) atoms. The highest BCUT2D eigenvalue weighted by atomic mass is 35.5. The number of hydrogen-bond donors (Lipinski definition) is 1. The molecule has 0 spiro atoms. The Kier molecular flexibility index (Phi) is 6.87. The highest BCUT2D eigenvalue weighted by Crippen LogP contribution is 2.33. The lowest BCUT2D eigenvalue weighted by molar-refractivity contribution is 0.259. The van der Waals surface area contributed by atoms with Crippen molar-refractivity contribution in [2.75, 3.05) is 19.7 Å². The van der Waals surface area contributed by atoms with E-state index in [2.05, 4.69) is 48.6 Å². The summed E-state index contributed by atoms with van der Waals surface area (Å²) in [6.07, 6.45) is 2.96. The van der Waals surface area contributed by atoms with Crippen LogP contribution in [0.1, 0.15) is 17.5 Å². The first-order chi connectivity index (χ1) is 13.7. The van der Waals surface area contributed by atoms with Crippen molar-refractivity contribution >= 4 is 12.4 Å². The second-order valence-corrected chi connectivity index (χ2v) is 7.29. The normalized spacial score (nSPS) is 15.4. The second kappa shape index (κ2) is 9.56. The van der Waals surface area contributed by atoms with Gasteiger partial charge in [-0.25, -0.2) is 0 Å². The molecule has 0 radical (unpaired) electrons. The van der Waals surface area contributed by atoms with Crippen LogP contribution in [0.5, 0.6) is 5.75 Å². The molecule has 0 bridgehead atoms. The first-order valence-corrected chi connectivity index (χ1v) is 9.64. The van der Waals surface area contributed by atoms with Gasteiger partial charge in [0.25, 0.3) is 0 Å². The molecule has 148 valence electrons. The van der Waals surface area contributed by atoms with Crippen LogP contribution in [0.2, 0.25) is 0 Å². The van der Waals surface area contributed by atoms with Gasteiger partial charge in [-0.15, -0.1) is 12.4 Å². The first-order valence-electron chi connectivity index (χ1n) is 9.64. The zero-order valence-electron chi connectivity index (χ0n) is 16.4. The fourth-order valence-electron chi connectivity index (χ4n) is 3.48. The van der Waals surface area contributed by atoms with Crippen molar-refractivity contribution in [1.29, 1.82) is 5.26 Å². The van der Waals surface area contributed by atoms with E-state index in [1.54, 1.807) is 0 Å². The summed E-state index contributed by atoms with van der Waals surface area (Å²) in [5.74, 6) is 1.33. The number of aryl methyl sites for hydroxylation is 1. The molecule has 1 N–H and O–H groups in total. The zero-order chi connectivity index (χ0) is 19.3. The largest absolute Gasteiger partial charge is 0.492 e. The molecular formula is C24H24ClN3O. The number of halogens is 1. The summed E-state index contributed by atoms with van der Waals surface area (Å²) in [5, 5.41) is 12.5. The maximum absolute atomic E-state index is 9.09. The highest BCUT2D eigenvalue weighted by molar-refractivity contribution is 5.85. The lowest BCUT2D eigenvalue weighted by Crippen LogP contribution is -2.15. The number of nitrogens with zero attached hydrogens (tertiary/aromatic N) is 2. The van der Waals surface area contributed by atoms with E-state index in [4.69, 9.17) is 15.0 Å². The molecule has 4 nitrogen and oxygen atoms in total. The monoisotopic (exact) mass is 405 g/mol. The maximum atomic E-state index is 9.09. The molecule has 3 aromatic rings. The smallest absolute Gasteiger partial charge is 0.138 e. The number of nitriles is 1. The van der Waals surface area contributed by atoms with E-state index >= 15 is 0 Å². The predicted molar refractivity (Wildman–Crippen MR) is 118 cm³/mol. The van der Waals surface area contributed by atoms with E-state index < -0.39 is 0 Å². The van der Waals surface area contributed by atoms with Gasteiger partial charge in [-0.1, -0.05) is 42.0 Å². The molecule has 0 saturated carbocycles. The van der Waals surface area contributed by atoms with Gasteiger partial charge in [0.1, 0.15) is 5.75 Å². The number of ether oxygens (including phenoxy) is 1. The first kappa shape index (κ1) is 20.9. The Morgan fingerprint density at radius 2 is 1.83 bits per heavy atom. The molecule has 1 atom stereocenters. The van der Waals surface area contributed by atoms with Crippen molar-refractivity contribution in [2.45, 2.75) is 13.3 Å². The highest BCUT2D eigenvalue weighted by Gasteiger charge is 2.16. The van der Waals surface area contributed by atoms with Gasteiger partial charge in [-0.3, -0.25) is 4.98 Å². The van der Waals surface area contributed by atoms with Crippen molar-refractivity contribution in [3.05, 3.63) is 71.9 Å². The minimum atomic E-state index is 0. The summed E-state index contributed by atoms with van der Waals surface area (Å²) < 4.78 is 6.05. The molecule has 5 heteroatoms. The standard InChI is InChI=1S/C24H23N3O.ClH/c1-17-2-6-21(7-3-17)24-23(20-8-4-18(13-25)5-9-20)12-22(15-27-24)28-16-19-10-11-26-14-19;/h2-9,12,15,19,26H,10-11,14,16H2,1H3;1H/t19-;/m1./s1.